The number of rotatable bonds is 2. The molecule has 2 heterocycles. The van der Waals surface area contributed by atoms with Gasteiger partial charge in [-0.25, -0.2) is 18.0 Å². The molecule has 0 spiro atoms. The Hall–Kier alpha value is -0.960. The molecule has 0 aliphatic carbocycles. The molecule has 0 saturated carbocycles. The maximum absolute atomic E-state index is 12.2. The Morgan fingerprint density at radius 3 is 2.70 bits per heavy atom. The number of carboxylic acid groups (broad SMARTS) is 1. The van der Waals surface area contributed by atoms with Crippen LogP contribution in [0.2, 0.25) is 0 Å². The topological polar surface area (TPSA) is 104 Å². The average Bonchev–Trinajstić information content (AvgIpc) is 2.69. The van der Waals surface area contributed by atoms with Gasteiger partial charge in [-0.1, -0.05) is 0 Å². The number of sulfone groups is 1. The SMILES string of the molecule is CC1SCC(C(=O)O)N1C(=O)NC1CCCS(=O)(=O)C1. The molecule has 3 atom stereocenters. The number of carbonyl (C=O) groups is 2. The number of thioether (sulfide) groups is 1. The molecule has 0 aromatic rings. The van der Waals surface area contributed by atoms with E-state index in [2.05, 4.69) is 5.32 Å². The molecule has 2 N–H and O–H groups in total. The third kappa shape index (κ3) is 3.38. The van der Waals surface area contributed by atoms with Crippen molar-refractivity contribution >= 4 is 33.6 Å². The third-order valence-corrected chi connectivity index (χ3v) is 6.57. The normalized spacial score (nSPS) is 32.9. The Morgan fingerprint density at radius 2 is 2.10 bits per heavy atom. The quantitative estimate of drug-likeness (QED) is 0.748. The summed E-state index contributed by atoms with van der Waals surface area (Å²) in [6.07, 6.45) is 1.14. The van der Waals surface area contributed by atoms with Gasteiger partial charge in [-0.15, -0.1) is 11.8 Å². The summed E-state index contributed by atoms with van der Waals surface area (Å²) in [7, 11) is -3.10. The molecule has 114 valence electrons. The number of hydrogen-bond donors (Lipinski definition) is 2. The van der Waals surface area contributed by atoms with Crippen LogP contribution >= 0.6 is 11.8 Å². The Labute approximate surface area is 122 Å². The Kier molecular flexibility index (Phi) is 4.48. The van der Waals surface area contributed by atoms with E-state index in [1.165, 1.54) is 16.7 Å². The van der Waals surface area contributed by atoms with Gasteiger partial charge >= 0.3 is 12.0 Å². The van der Waals surface area contributed by atoms with Crippen LogP contribution < -0.4 is 5.32 Å². The molecule has 9 heteroatoms. The van der Waals surface area contributed by atoms with Gasteiger partial charge < -0.3 is 10.4 Å². The molecule has 2 aliphatic heterocycles. The van der Waals surface area contributed by atoms with Gasteiger partial charge in [0.15, 0.2) is 9.84 Å². The number of nitrogens with one attached hydrogen (secondary N) is 1. The Morgan fingerprint density at radius 1 is 1.40 bits per heavy atom. The van der Waals surface area contributed by atoms with Gasteiger partial charge in [0, 0.05) is 11.8 Å². The smallest absolute Gasteiger partial charge is 0.327 e. The van der Waals surface area contributed by atoms with E-state index in [1.54, 1.807) is 6.92 Å². The molecule has 0 bridgehead atoms. The summed E-state index contributed by atoms with van der Waals surface area (Å²) >= 11 is 1.40. The zero-order valence-electron chi connectivity index (χ0n) is 11.1. The van der Waals surface area contributed by atoms with E-state index in [-0.39, 0.29) is 16.9 Å². The first-order valence-electron chi connectivity index (χ1n) is 6.44. The zero-order chi connectivity index (χ0) is 14.9. The summed E-state index contributed by atoms with van der Waals surface area (Å²) in [5.74, 6) is -0.584. The summed E-state index contributed by atoms with van der Waals surface area (Å²) < 4.78 is 23.1. The van der Waals surface area contributed by atoms with Crippen molar-refractivity contribution in [2.45, 2.75) is 37.2 Å². The molecule has 0 radical (unpaired) electrons. The van der Waals surface area contributed by atoms with Gasteiger partial charge in [0.05, 0.1) is 16.9 Å². The minimum Gasteiger partial charge on any atom is -0.480 e. The molecule has 20 heavy (non-hydrogen) atoms. The van der Waals surface area contributed by atoms with Crippen LogP contribution in [0.3, 0.4) is 0 Å². The lowest BCUT2D eigenvalue weighted by Crippen LogP contribution is -2.53. The number of urea groups is 1. The number of amides is 2. The molecule has 2 saturated heterocycles. The molecular weight excluding hydrogens is 304 g/mol. The molecule has 3 unspecified atom stereocenters. The van der Waals surface area contributed by atoms with Crippen LogP contribution in [0.25, 0.3) is 0 Å². The van der Waals surface area contributed by atoms with Gasteiger partial charge in [-0.2, -0.15) is 0 Å². The van der Waals surface area contributed by atoms with Crippen LogP contribution in [0, 0.1) is 0 Å². The zero-order valence-corrected chi connectivity index (χ0v) is 12.7. The second-order valence-electron chi connectivity index (χ2n) is 5.10. The van der Waals surface area contributed by atoms with Crippen LogP contribution in [0.15, 0.2) is 0 Å². The second kappa shape index (κ2) is 5.80. The number of nitrogens with zero attached hydrogens (tertiary/aromatic N) is 1. The highest BCUT2D eigenvalue weighted by molar-refractivity contribution is 8.00. The lowest BCUT2D eigenvalue weighted by molar-refractivity contribution is -0.141. The number of hydrogen-bond acceptors (Lipinski definition) is 5. The van der Waals surface area contributed by atoms with Gasteiger partial charge in [0.2, 0.25) is 0 Å². The number of aliphatic carboxylic acids is 1. The molecule has 7 nitrogen and oxygen atoms in total. The highest BCUT2D eigenvalue weighted by Gasteiger charge is 2.40. The monoisotopic (exact) mass is 322 g/mol. The van der Waals surface area contributed by atoms with E-state index in [4.69, 9.17) is 5.11 Å². The predicted molar refractivity (Wildman–Crippen MR) is 75.4 cm³/mol. The summed E-state index contributed by atoms with van der Waals surface area (Å²) in [5, 5.41) is 11.5. The van der Waals surface area contributed by atoms with E-state index in [9.17, 15) is 18.0 Å². The fraction of sp³-hybridized carbons (Fsp3) is 0.818. The maximum atomic E-state index is 12.2. The standard InChI is InChI=1S/C11H18N2O5S2/c1-7-13(9(5-19-7)10(14)15)11(16)12-8-3-2-4-20(17,18)6-8/h7-9H,2-6H2,1H3,(H,12,16)(H,14,15). The molecular formula is C11H18N2O5S2. The van der Waals surface area contributed by atoms with Crippen LogP contribution in [0.1, 0.15) is 19.8 Å². The summed E-state index contributed by atoms with van der Waals surface area (Å²) in [6, 6.07) is -1.76. The van der Waals surface area contributed by atoms with Crippen molar-refractivity contribution in [2.75, 3.05) is 17.3 Å². The van der Waals surface area contributed by atoms with Gasteiger partial charge in [0.1, 0.15) is 6.04 Å². The minimum atomic E-state index is -3.10. The van der Waals surface area contributed by atoms with Crippen molar-refractivity contribution in [3.05, 3.63) is 0 Å². The molecule has 2 rings (SSSR count). The number of carboxylic acids is 1. The lowest BCUT2D eigenvalue weighted by atomic mass is 10.2. The highest BCUT2D eigenvalue weighted by atomic mass is 32.2. The van der Waals surface area contributed by atoms with Crippen molar-refractivity contribution in [1.29, 1.82) is 0 Å². The first kappa shape index (κ1) is 15.4. The van der Waals surface area contributed by atoms with Crippen LogP contribution in [0.5, 0.6) is 0 Å². The Balaban J connectivity index is 2.02. The molecule has 0 aromatic heterocycles. The van der Waals surface area contributed by atoms with E-state index < -0.39 is 33.9 Å². The molecule has 2 amide bonds. The van der Waals surface area contributed by atoms with Gasteiger partial charge in [-0.3, -0.25) is 4.90 Å². The van der Waals surface area contributed by atoms with Gasteiger partial charge in [-0.05, 0) is 19.8 Å². The highest BCUT2D eigenvalue weighted by Crippen LogP contribution is 2.29. The third-order valence-electron chi connectivity index (χ3n) is 3.53. The fourth-order valence-electron chi connectivity index (χ4n) is 2.53. The van der Waals surface area contributed by atoms with Crippen LogP contribution in [-0.2, 0) is 14.6 Å². The predicted octanol–water partition coefficient (Wildman–Crippen LogP) is 0.121. The molecule has 2 aliphatic rings. The van der Waals surface area contributed by atoms with Crippen molar-refractivity contribution in [3.8, 4) is 0 Å². The Bertz CT molecular complexity index is 507. The fourth-order valence-corrected chi connectivity index (χ4v) is 5.33. The van der Waals surface area contributed by atoms with E-state index >= 15 is 0 Å². The summed E-state index contributed by atoms with van der Waals surface area (Å²) in [4.78, 5) is 24.6. The first-order chi connectivity index (χ1) is 9.30. The molecule has 2 fully saturated rings. The first-order valence-corrected chi connectivity index (χ1v) is 9.31. The average molecular weight is 322 g/mol. The minimum absolute atomic E-state index is 0.0636. The van der Waals surface area contributed by atoms with Crippen molar-refractivity contribution < 1.29 is 23.1 Å². The van der Waals surface area contributed by atoms with E-state index in [0.29, 0.717) is 18.6 Å². The van der Waals surface area contributed by atoms with Crippen molar-refractivity contribution in [1.82, 2.24) is 10.2 Å². The van der Waals surface area contributed by atoms with Gasteiger partial charge in [0.25, 0.3) is 0 Å². The van der Waals surface area contributed by atoms with E-state index in [1.807, 2.05) is 0 Å². The maximum Gasteiger partial charge on any atom is 0.327 e. The lowest BCUT2D eigenvalue weighted by Gasteiger charge is -2.29. The molecule has 0 aromatic carbocycles. The van der Waals surface area contributed by atoms with Crippen LogP contribution in [-0.4, -0.2) is 65.1 Å². The largest absolute Gasteiger partial charge is 0.480 e. The summed E-state index contributed by atoms with van der Waals surface area (Å²) in [6.45, 7) is 1.77. The van der Waals surface area contributed by atoms with Crippen molar-refractivity contribution in [2.24, 2.45) is 0 Å². The van der Waals surface area contributed by atoms with Crippen molar-refractivity contribution in [3.63, 3.8) is 0 Å². The summed E-state index contributed by atoms with van der Waals surface area (Å²) in [5.41, 5.74) is 0. The number of carbonyl (C=O) groups excluding carboxylic acids is 1. The van der Waals surface area contributed by atoms with Crippen LogP contribution in [0.4, 0.5) is 4.79 Å². The van der Waals surface area contributed by atoms with E-state index in [0.717, 1.165) is 0 Å². The second-order valence-corrected chi connectivity index (χ2v) is 8.67.